The highest BCUT2D eigenvalue weighted by atomic mass is 16.4. The van der Waals surface area contributed by atoms with Gasteiger partial charge in [-0.15, -0.1) is 0 Å². The highest BCUT2D eigenvalue weighted by Gasteiger charge is 2.15. The maximum atomic E-state index is 11.3. The first kappa shape index (κ1) is 16.8. The molecule has 0 fully saturated rings. The minimum Gasteiger partial charge on any atom is -0.550 e. The minimum atomic E-state index is -1.62. The summed E-state index contributed by atoms with van der Waals surface area (Å²) in [4.78, 5) is 42.5. The zero-order chi connectivity index (χ0) is 15.0. The summed E-state index contributed by atoms with van der Waals surface area (Å²) in [5.41, 5.74) is 3.23. The number of nitrogens with one attached hydrogen (secondary N) is 1. The van der Waals surface area contributed by atoms with Crippen LogP contribution in [-0.4, -0.2) is 35.9 Å². The molecule has 0 aromatic heterocycles. The molecule has 0 aliphatic rings. The summed E-state index contributed by atoms with van der Waals surface area (Å²) >= 11 is 0. The number of hydrogen-bond acceptors (Lipinski definition) is 7. The van der Waals surface area contributed by atoms with Gasteiger partial charge >= 0.3 is 0 Å². The second-order valence-corrected chi connectivity index (χ2v) is 3.90. The van der Waals surface area contributed by atoms with Crippen molar-refractivity contribution in [2.24, 2.45) is 0 Å². The van der Waals surface area contributed by atoms with Crippen molar-refractivity contribution in [3.05, 3.63) is 0 Å². The fourth-order valence-corrected chi connectivity index (χ4v) is 1.20. The predicted molar refractivity (Wildman–Crippen MR) is 52.1 cm³/mol. The zero-order valence-corrected chi connectivity index (χ0v) is 10.0. The van der Waals surface area contributed by atoms with E-state index in [1.54, 1.807) is 0 Å². The van der Waals surface area contributed by atoms with E-state index in [2.05, 4.69) is 5.73 Å². The van der Waals surface area contributed by atoms with Gasteiger partial charge in [0.1, 0.15) is 6.04 Å². The summed E-state index contributed by atoms with van der Waals surface area (Å²) < 4.78 is 0. The lowest BCUT2D eigenvalue weighted by Crippen LogP contribution is -2.68. The van der Waals surface area contributed by atoms with E-state index in [4.69, 9.17) is 0 Å². The number of rotatable bonds is 9. The monoisotopic (exact) mass is 274 g/mol. The van der Waals surface area contributed by atoms with Crippen LogP contribution in [0.1, 0.15) is 25.7 Å². The Hall–Kier alpha value is -2.16. The van der Waals surface area contributed by atoms with Crippen LogP contribution in [0.25, 0.3) is 0 Å². The van der Waals surface area contributed by atoms with Crippen molar-refractivity contribution >= 4 is 23.8 Å². The molecule has 0 saturated heterocycles. The Morgan fingerprint density at radius 1 is 0.947 bits per heavy atom. The minimum absolute atomic E-state index is 0.117. The average molecular weight is 274 g/mol. The van der Waals surface area contributed by atoms with Crippen LogP contribution < -0.4 is 26.4 Å². The van der Waals surface area contributed by atoms with Crippen LogP contribution in [0.5, 0.6) is 0 Å². The molecule has 0 aliphatic carbocycles. The lowest BCUT2D eigenvalue weighted by Gasteiger charge is -2.20. The summed E-state index contributed by atoms with van der Waals surface area (Å²) in [7, 11) is 0. The number of carbonyl (C=O) groups is 4. The number of quaternary nitrogens is 1. The highest BCUT2D eigenvalue weighted by molar-refractivity contribution is 5.83. The van der Waals surface area contributed by atoms with Gasteiger partial charge in [-0.3, -0.25) is 4.79 Å². The third-order valence-corrected chi connectivity index (χ3v) is 2.31. The zero-order valence-electron chi connectivity index (χ0n) is 10.0. The molecule has 1 amide bonds. The Morgan fingerprint density at radius 2 is 1.53 bits per heavy atom. The Kier molecular flexibility index (Phi) is 7.12. The van der Waals surface area contributed by atoms with Gasteiger partial charge in [-0.1, -0.05) is 0 Å². The van der Waals surface area contributed by atoms with Crippen molar-refractivity contribution in [1.29, 1.82) is 0 Å². The number of carboxylic acid groups (broad SMARTS) is 3. The van der Waals surface area contributed by atoms with Crippen LogP contribution in [0.3, 0.4) is 0 Å². The van der Waals surface area contributed by atoms with Gasteiger partial charge in [-0.25, -0.2) is 0 Å². The molecule has 0 aliphatic heterocycles. The Labute approximate surface area is 108 Å². The Balaban J connectivity index is 4.20. The van der Waals surface area contributed by atoms with E-state index in [0.29, 0.717) is 0 Å². The summed E-state index contributed by atoms with van der Waals surface area (Å²) in [5, 5.41) is 33.2. The molecule has 9 heteroatoms. The van der Waals surface area contributed by atoms with Crippen molar-refractivity contribution in [2.75, 3.05) is 0 Å². The maximum absolute atomic E-state index is 11.3. The first-order chi connectivity index (χ1) is 8.73. The maximum Gasteiger partial charge on any atom is 0.220 e. The molecule has 0 aromatic rings. The summed E-state index contributed by atoms with van der Waals surface area (Å²) in [6.45, 7) is 0. The normalized spacial score (nSPS) is 13.3. The first-order valence-corrected chi connectivity index (χ1v) is 5.48. The van der Waals surface area contributed by atoms with Gasteiger partial charge in [-0.2, -0.15) is 0 Å². The molecule has 19 heavy (non-hydrogen) atoms. The van der Waals surface area contributed by atoms with Crippen LogP contribution >= 0.6 is 0 Å². The van der Waals surface area contributed by atoms with E-state index in [0.717, 1.165) is 0 Å². The van der Waals surface area contributed by atoms with Gasteiger partial charge in [0.15, 0.2) is 0 Å². The van der Waals surface area contributed by atoms with E-state index in [-0.39, 0.29) is 19.3 Å². The van der Waals surface area contributed by atoms with Crippen LogP contribution in [0.15, 0.2) is 0 Å². The molecule has 0 bridgehead atoms. The van der Waals surface area contributed by atoms with Gasteiger partial charge in [-0.05, 0) is 12.8 Å². The molecular formula is C10H14N2O7-2. The smallest absolute Gasteiger partial charge is 0.220 e. The lowest BCUT2D eigenvalue weighted by atomic mass is 10.1. The first-order valence-electron chi connectivity index (χ1n) is 5.48. The molecular weight excluding hydrogens is 260 g/mol. The molecule has 0 radical (unpaired) electrons. The second kappa shape index (κ2) is 8.03. The van der Waals surface area contributed by atoms with E-state index in [9.17, 15) is 34.5 Å². The molecule has 0 unspecified atom stereocenters. The molecule has 0 spiro atoms. The number of aliphatic carboxylic acids is 3. The fraction of sp³-hybridized carbons (Fsp3) is 0.600. The molecule has 0 rings (SSSR count). The quantitative estimate of drug-likeness (QED) is 0.420. The molecule has 0 saturated carbocycles. The van der Waals surface area contributed by atoms with Crippen molar-refractivity contribution in [2.45, 2.75) is 37.8 Å². The third kappa shape index (κ3) is 7.71. The van der Waals surface area contributed by atoms with Gasteiger partial charge in [0.25, 0.3) is 0 Å². The fourth-order valence-electron chi connectivity index (χ4n) is 1.20. The van der Waals surface area contributed by atoms with Crippen LogP contribution in [0.4, 0.5) is 0 Å². The highest BCUT2D eigenvalue weighted by Crippen LogP contribution is 1.99. The Morgan fingerprint density at radius 3 is 1.95 bits per heavy atom. The van der Waals surface area contributed by atoms with Gasteiger partial charge in [0.2, 0.25) is 5.91 Å². The summed E-state index contributed by atoms with van der Waals surface area (Å²) in [5.74, 6) is -5.22. The molecule has 0 heterocycles. The van der Waals surface area contributed by atoms with E-state index in [1.165, 1.54) is 0 Å². The number of hydrogen-bond donors (Lipinski definition) is 2. The van der Waals surface area contributed by atoms with Crippen molar-refractivity contribution in [1.82, 2.24) is 5.32 Å². The van der Waals surface area contributed by atoms with Crippen molar-refractivity contribution in [3.8, 4) is 0 Å². The van der Waals surface area contributed by atoms with Crippen molar-refractivity contribution < 1.29 is 40.2 Å². The van der Waals surface area contributed by atoms with Gasteiger partial charge in [0, 0.05) is 18.8 Å². The van der Waals surface area contributed by atoms with Crippen LogP contribution in [0.2, 0.25) is 0 Å². The molecule has 9 nitrogen and oxygen atoms in total. The number of carboxylic acids is 3. The largest absolute Gasteiger partial charge is 0.550 e. The third-order valence-electron chi connectivity index (χ3n) is 2.31. The molecule has 108 valence electrons. The Bertz CT molecular complexity index is 369. The van der Waals surface area contributed by atoms with Crippen LogP contribution in [0, 0.1) is 0 Å². The molecule has 2 atom stereocenters. The van der Waals surface area contributed by atoms with E-state index in [1.807, 2.05) is 5.32 Å². The summed E-state index contributed by atoms with van der Waals surface area (Å²) in [6, 6.07) is -2.55. The molecule has 4 N–H and O–H groups in total. The van der Waals surface area contributed by atoms with Gasteiger partial charge < -0.3 is 40.8 Å². The van der Waals surface area contributed by atoms with E-state index >= 15 is 0 Å². The molecule has 0 aromatic carbocycles. The second-order valence-electron chi connectivity index (χ2n) is 3.90. The van der Waals surface area contributed by atoms with Gasteiger partial charge in [0.05, 0.1) is 18.0 Å². The van der Waals surface area contributed by atoms with E-state index < -0.39 is 42.3 Å². The summed E-state index contributed by atoms with van der Waals surface area (Å²) in [6.07, 6.45) is -1.30. The average Bonchev–Trinajstić information content (AvgIpc) is 2.30. The number of carbonyl (C=O) groups excluding carboxylic acids is 4. The number of amides is 1. The topological polar surface area (TPSA) is 177 Å². The van der Waals surface area contributed by atoms with Crippen LogP contribution in [-0.2, 0) is 19.2 Å². The lowest BCUT2D eigenvalue weighted by molar-refractivity contribution is -0.438. The SMILES string of the molecule is [NH3+][C@@H](CCC(=O)N[C@H](CCC(=O)[O-])C(=O)[O-])C(=O)[O-]. The van der Waals surface area contributed by atoms with Crippen molar-refractivity contribution in [3.63, 3.8) is 0 Å². The predicted octanol–water partition coefficient (Wildman–Crippen LogP) is -6.11. The standard InChI is InChI=1S/C10H16N2O7/c11-5(9(16)17)1-3-7(13)12-6(10(18)19)2-4-8(14)15/h5-6H,1-4,11H2,(H,12,13)(H,14,15)(H,16,17)(H,18,19)/p-2/t5-,6+/m0/s1.